The Morgan fingerprint density at radius 1 is 0.872 bits per heavy atom. The van der Waals surface area contributed by atoms with Gasteiger partial charge in [-0.1, -0.05) is 35.3 Å². The molecule has 3 aromatic carbocycles. The van der Waals surface area contributed by atoms with Crippen molar-refractivity contribution in [3.8, 4) is 11.3 Å². The number of hydrogen-bond acceptors (Lipinski definition) is 4. The molecule has 0 bridgehead atoms. The van der Waals surface area contributed by atoms with Crippen LogP contribution in [-0.2, 0) is 0 Å². The van der Waals surface area contributed by atoms with Crippen LogP contribution >= 0.6 is 23.2 Å². The maximum absolute atomic E-state index is 13.9. The second kappa shape index (κ2) is 10.6. The van der Waals surface area contributed by atoms with Gasteiger partial charge in [0.25, 0.3) is 5.91 Å². The van der Waals surface area contributed by atoms with Gasteiger partial charge < -0.3 is 16.0 Å². The third kappa shape index (κ3) is 5.49. The molecule has 0 saturated heterocycles. The van der Waals surface area contributed by atoms with Crippen LogP contribution in [0.5, 0.6) is 0 Å². The topological polar surface area (TPSA) is 100 Å². The molecule has 0 unspecified atom stereocenters. The molecule has 0 radical (unpaired) electrons. The summed E-state index contributed by atoms with van der Waals surface area (Å²) in [6.07, 6.45) is 4.62. The van der Waals surface area contributed by atoms with Gasteiger partial charge in [0.15, 0.2) is 17.3 Å². The van der Waals surface area contributed by atoms with E-state index in [1.54, 1.807) is 41.1 Å². The number of amides is 3. The van der Waals surface area contributed by atoms with Gasteiger partial charge in [-0.05, 0) is 36.4 Å². The van der Waals surface area contributed by atoms with Gasteiger partial charge in [0.2, 0.25) is 0 Å². The van der Waals surface area contributed by atoms with Crippen molar-refractivity contribution in [2.75, 3.05) is 16.0 Å². The predicted molar refractivity (Wildman–Crippen MR) is 142 cm³/mol. The molecule has 0 aliphatic heterocycles. The summed E-state index contributed by atoms with van der Waals surface area (Å²) in [5.41, 5.74) is 1.79. The van der Waals surface area contributed by atoms with E-state index >= 15 is 0 Å². The Kier molecular flexibility index (Phi) is 7.09. The van der Waals surface area contributed by atoms with E-state index in [1.165, 1.54) is 6.20 Å². The molecule has 13 heteroatoms. The fraction of sp³-hybridized carbons (Fsp3) is 0. The molecule has 3 amide bonds. The minimum atomic E-state index is -0.910. The quantitative estimate of drug-likeness (QED) is 0.198. The van der Waals surface area contributed by atoms with Crippen LogP contribution in [0.3, 0.4) is 0 Å². The fourth-order valence-electron chi connectivity index (χ4n) is 3.72. The molecule has 0 fully saturated rings. The number of nitrogens with zero attached hydrogens (tertiary/aromatic N) is 3. The van der Waals surface area contributed by atoms with Crippen molar-refractivity contribution in [2.24, 2.45) is 0 Å². The van der Waals surface area contributed by atoms with E-state index in [2.05, 4.69) is 25.9 Å². The van der Waals surface area contributed by atoms with Crippen LogP contribution in [0.2, 0.25) is 10.0 Å². The van der Waals surface area contributed by atoms with Crippen LogP contribution < -0.4 is 16.0 Å². The second-order valence-corrected chi connectivity index (χ2v) is 8.92. The lowest BCUT2D eigenvalue weighted by Crippen LogP contribution is -2.20. The van der Waals surface area contributed by atoms with E-state index < -0.39 is 29.4 Å². The van der Waals surface area contributed by atoms with Crippen LogP contribution in [0.4, 0.5) is 35.2 Å². The first-order valence-electron chi connectivity index (χ1n) is 11.1. The van der Waals surface area contributed by atoms with Crippen molar-refractivity contribution in [1.82, 2.24) is 14.4 Å². The van der Waals surface area contributed by atoms with Crippen molar-refractivity contribution >= 4 is 58.0 Å². The number of urea groups is 1. The molecular weight excluding hydrogens is 556 g/mol. The van der Waals surface area contributed by atoms with Gasteiger partial charge in [0.05, 0.1) is 27.6 Å². The number of benzene rings is 3. The van der Waals surface area contributed by atoms with Crippen molar-refractivity contribution in [3.63, 3.8) is 0 Å². The van der Waals surface area contributed by atoms with Crippen LogP contribution in [0, 0.1) is 17.5 Å². The number of halogens is 5. The smallest absolute Gasteiger partial charge is 0.308 e. The number of aromatic nitrogens is 3. The lowest BCUT2D eigenvalue weighted by atomic mass is 10.1. The van der Waals surface area contributed by atoms with E-state index in [0.717, 1.165) is 24.3 Å². The van der Waals surface area contributed by atoms with Crippen molar-refractivity contribution in [1.29, 1.82) is 0 Å². The second-order valence-electron chi connectivity index (χ2n) is 8.10. The monoisotopic (exact) mass is 570 g/mol. The molecule has 5 rings (SSSR count). The molecule has 5 aromatic rings. The van der Waals surface area contributed by atoms with Crippen molar-refractivity contribution in [3.05, 3.63) is 106 Å². The molecule has 39 heavy (non-hydrogen) atoms. The Labute approximate surface area is 228 Å². The Morgan fingerprint density at radius 2 is 1.64 bits per heavy atom. The highest BCUT2D eigenvalue weighted by atomic mass is 35.5. The van der Waals surface area contributed by atoms with Crippen molar-refractivity contribution in [2.45, 2.75) is 0 Å². The molecule has 2 heterocycles. The highest BCUT2D eigenvalue weighted by Gasteiger charge is 2.17. The number of fused-ring (bicyclic) bond motifs is 1. The average Bonchev–Trinajstić information content (AvgIpc) is 3.34. The van der Waals surface area contributed by atoms with Gasteiger partial charge in [0.1, 0.15) is 11.6 Å². The van der Waals surface area contributed by atoms with Crippen LogP contribution in [0.25, 0.3) is 16.9 Å². The molecule has 0 aliphatic rings. The third-order valence-electron chi connectivity index (χ3n) is 5.50. The summed E-state index contributed by atoms with van der Waals surface area (Å²) in [6, 6.07) is 11.1. The van der Waals surface area contributed by atoms with E-state index in [0.29, 0.717) is 28.7 Å². The number of hydrogen-bond donors (Lipinski definition) is 3. The number of imidazole rings is 1. The average molecular weight is 571 g/mol. The molecular formula is C26H15Cl2F3N6O2. The summed E-state index contributed by atoms with van der Waals surface area (Å²) in [5, 5.41) is 6.94. The lowest BCUT2D eigenvalue weighted by molar-refractivity contribution is 0.102. The molecule has 3 N–H and O–H groups in total. The van der Waals surface area contributed by atoms with Gasteiger partial charge in [-0.3, -0.25) is 9.20 Å². The number of carbonyl (C=O) groups excluding carboxylic acids is 2. The van der Waals surface area contributed by atoms with Gasteiger partial charge >= 0.3 is 6.03 Å². The van der Waals surface area contributed by atoms with Crippen LogP contribution in [-0.4, -0.2) is 26.3 Å². The van der Waals surface area contributed by atoms with E-state index in [-0.39, 0.29) is 27.1 Å². The first kappa shape index (κ1) is 26.0. The summed E-state index contributed by atoms with van der Waals surface area (Å²) in [7, 11) is 0. The summed E-state index contributed by atoms with van der Waals surface area (Å²) in [6.45, 7) is 0. The summed E-state index contributed by atoms with van der Waals surface area (Å²) in [4.78, 5) is 33.7. The number of nitrogens with one attached hydrogen (secondary N) is 3. The Balaban J connectivity index is 1.37. The maximum Gasteiger partial charge on any atom is 0.323 e. The van der Waals surface area contributed by atoms with Gasteiger partial charge in [-0.15, -0.1) is 0 Å². The number of rotatable bonds is 5. The Morgan fingerprint density at radius 3 is 2.38 bits per heavy atom. The maximum atomic E-state index is 13.9. The van der Waals surface area contributed by atoms with Gasteiger partial charge in [0, 0.05) is 35.3 Å². The highest BCUT2D eigenvalue weighted by molar-refractivity contribution is 6.35. The van der Waals surface area contributed by atoms with Crippen LogP contribution in [0.15, 0.2) is 73.2 Å². The molecule has 196 valence electrons. The summed E-state index contributed by atoms with van der Waals surface area (Å²) in [5.74, 6) is -3.00. The first-order valence-corrected chi connectivity index (χ1v) is 11.9. The van der Waals surface area contributed by atoms with Crippen molar-refractivity contribution < 1.29 is 22.8 Å². The molecule has 8 nitrogen and oxygen atoms in total. The Bertz CT molecular complexity index is 1740. The third-order valence-corrected chi connectivity index (χ3v) is 6.05. The normalized spacial score (nSPS) is 10.9. The highest BCUT2D eigenvalue weighted by Crippen LogP contribution is 2.28. The number of carbonyl (C=O) groups is 2. The molecule has 0 atom stereocenters. The predicted octanol–water partition coefficient (Wildman–Crippen LogP) is 7.02. The first-order chi connectivity index (χ1) is 18.7. The van der Waals surface area contributed by atoms with Gasteiger partial charge in [-0.25, -0.2) is 27.9 Å². The van der Waals surface area contributed by atoms with E-state index in [9.17, 15) is 22.8 Å². The summed E-state index contributed by atoms with van der Waals surface area (Å²) >= 11 is 11.6. The molecule has 0 aliphatic carbocycles. The minimum Gasteiger partial charge on any atom is -0.308 e. The zero-order chi connectivity index (χ0) is 27.7. The lowest BCUT2D eigenvalue weighted by Gasteiger charge is -2.10. The zero-order valence-corrected chi connectivity index (χ0v) is 21.0. The number of anilines is 3. The van der Waals surface area contributed by atoms with E-state index in [4.69, 9.17) is 23.2 Å². The molecule has 0 spiro atoms. The zero-order valence-electron chi connectivity index (χ0n) is 19.5. The van der Waals surface area contributed by atoms with Gasteiger partial charge in [-0.2, -0.15) is 0 Å². The molecule has 2 aromatic heterocycles. The molecule has 0 saturated carbocycles. The minimum absolute atomic E-state index is 0.0274. The standard InChI is InChI=1S/C26H15Cl2F3N6O2/c27-17-9-14(10-18(28)22(17)31)25(38)36-23-24-33-12-21(37(24)7-6-32-23)13-2-1-3-16(8-13)34-26(39)35-20-5-4-15(29)11-19(20)30/h1-12H,(H,32,36,38)(H2,34,35,39). The summed E-state index contributed by atoms with van der Waals surface area (Å²) < 4.78 is 42.4. The van der Waals surface area contributed by atoms with E-state index in [1.807, 2.05) is 0 Å². The fourth-order valence-corrected chi connectivity index (χ4v) is 4.21. The SMILES string of the molecule is O=C(Nc1cccc(-c2cnc3c(NC(=O)c4cc(Cl)c(F)c(Cl)c4)nccn23)c1)Nc1ccc(F)cc1F. The largest absolute Gasteiger partial charge is 0.323 e. The Hall–Kier alpha value is -4.61. The van der Waals surface area contributed by atoms with Crippen LogP contribution in [0.1, 0.15) is 10.4 Å².